The molecule has 0 aliphatic carbocycles. The summed E-state index contributed by atoms with van der Waals surface area (Å²) in [7, 11) is -3.58. The van der Waals surface area contributed by atoms with Crippen molar-refractivity contribution >= 4 is 22.0 Å². The fourth-order valence-corrected chi connectivity index (χ4v) is 3.66. The number of sulfonamides is 1. The number of carbonyl (C=O) groups is 1. The van der Waals surface area contributed by atoms with Crippen molar-refractivity contribution in [2.75, 3.05) is 19.6 Å². The Hall–Kier alpha value is -2.48. The summed E-state index contributed by atoms with van der Waals surface area (Å²) in [6, 6.07) is 17.3. The highest BCUT2D eigenvalue weighted by atomic mass is 32.2. The Labute approximate surface area is 180 Å². The number of nitrogens with one attached hydrogen (secondary N) is 2. The Morgan fingerprint density at radius 2 is 1.60 bits per heavy atom. The van der Waals surface area contributed by atoms with Crippen LogP contribution in [0.3, 0.4) is 0 Å². The maximum Gasteiger partial charge on any atom is 0.233 e. The molecule has 6 nitrogen and oxygen atoms in total. The monoisotopic (exact) mass is 429 g/mol. The van der Waals surface area contributed by atoms with Crippen LogP contribution < -0.4 is 10.0 Å². The molecule has 2 N–H and O–H groups in total. The number of hydrogen-bond acceptors (Lipinski definition) is 4. The maximum absolute atomic E-state index is 12.0. The van der Waals surface area contributed by atoms with Crippen LogP contribution in [0, 0.1) is 0 Å². The van der Waals surface area contributed by atoms with Crippen LogP contribution in [0.15, 0.2) is 60.0 Å². The van der Waals surface area contributed by atoms with Gasteiger partial charge in [-0.3, -0.25) is 9.69 Å². The minimum Gasteiger partial charge on any atom is -0.352 e. The minimum atomic E-state index is -3.58. The summed E-state index contributed by atoms with van der Waals surface area (Å²) in [6.07, 6.45) is 1.60. The second-order valence-electron chi connectivity index (χ2n) is 6.96. The molecule has 0 fully saturated rings. The van der Waals surface area contributed by atoms with E-state index in [4.69, 9.17) is 0 Å². The van der Waals surface area contributed by atoms with Gasteiger partial charge in [0.15, 0.2) is 0 Å². The van der Waals surface area contributed by atoms with Crippen molar-refractivity contribution in [3.63, 3.8) is 0 Å². The second-order valence-corrected chi connectivity index (χ2v) is 8.61. The zero-order valence-electron chi connectivity index (χ0n) is 17.7. The lowest BCUT2D eigenvalue weighted by molar-refractivity contribution is -0.121. The van der Waals surface area contributed by atoms with Crippen molar-refractivity contribution in [2.45, 2.75) is 33.4 Å². The molecule has 0 aliphatic heterocycles. The average Bonchev–Trinajstić information content (AvgIpc) is 2.76. The van der Waals surface area contributed by atoms with Crippen molar-refractivity contribution in [2.24, 2.45) is 0 Å². The van der Waals surface area contributed by atoms with Crippen LogP contribution in [-0.2, 0) is 27.9 Å². The van der Waals surface area contributed by atoms with Crippen LogP contribution >= 0.6 is 0 Å². The van der Waals surface area contributed by atoms with E-state index in [0.29, 0.717) is 6.54 Å². The SMILES string of the molecule is CCN(CC)Cc1ccc(CNC(=O)CCNS(=O)(=O)/C=C/c2ccccc2)cc1. The van der Waals surface area contributed by atoms with Crippen molar-refractivity contribution in [3.8, 4) is 0 Å². The van der Waals surface area contributed by atoms with Crippen LogP contribution in [0.5, 0.6) is 0 Å². The van der Waals surface area contributed by atoms with E-state index in [9.17, 15) is 13.2 Å². The first kappa shape index (κ1) is 23.8. The lowest BCUT2D eigenvalue weighted by atomic mass is 10.1. The van der Waals surface area contributed by atoms with Gasteiger partial charge in [-0.1, -0.05) is 68.4 Å². The van der Waals surface area contributed by atoms with Gasteiger partial charge in [-0.05, 0) is 35.9 Å². The van der Waals surface area contributed by atoms with Gasteiger partial charge >= 0.3 is 0 Å². The van der Waals surface area contributed by atoms with E-state index in [-0.39, 0.29) is 18.9 Å². The quantitative estimate of drug-likeness (QED) is 0.543. The summed E-state index contributed by atoms with van der Waals surface area (Å²) >= 11 is 0. The predicted octanol–water partition coefficient (Wildman–Crippen LogP) is 3.13. The average molecular weight is 430 g/mol. The highest BCUT2D eigenvalue weighted by molar-refractivity contribution is 7.92. The van der Waals surface area contributed by atoms with Gasteiger partial charge < -0.3 is 5.32 Å². The summed E-state index contributed by atoms with van der Waals surface area (Å²) < 4.78 is 26.4. The Morgan fingerprint density at radius 1 is 0.967 bits per heavy atom. The standard InChI is InChI=1S/C23H31N3O3S/c1-3-26(4-2)19-22-12-10-21(11-13-22)18-24-23(27)14-16-25-30(28,29)17-15-20-8-6-5-7-9-20/h5-13,15,17,25H,3-4,14,16,18-19H2,1-2H3,(H,24,27)/b17-15+. The van der Waals surface area contributed by atoms with Crippen LogP contribution in [0.2, 0.25) is 0 Å². The van der Waals surface area contributed by atoms with Crippen molar-refractivity contribution in [1.82, 2.24) is 14.9 Å². The van der Waals surface area contributed by atoms with Gasteiger partial charge in [0.1, 0.15) is 0 Å². The Balaban J connectivity index is 1.71. The molecule has 0 aromatic heterocycles. The van der Waals surface area contributed by atoms with Crippen LogP contribution in [0.25, 0.3) is 6.08 Å². The summed E-state index contributed by atoms with van der Waals surface area (Å²) in [4.78, 5) is 14.3. The van der Waals surface area contributed by atoms with Gasteiger partial charge in [-0.25, -0.2) is 13.1 Å². The van der Waals surface area contributed by atoms with E-state index in [1.807, 2.05) is 42.5 Å². The fraction of sp³-hybridized carbons (Fsp3) is 0.348. The molecule has 7 heteroatoms. The predicted molar refractivity (Wildman–Crippen MR) is 122 cm³/mol. The van der Waals surface area contributed by atoms with Gasteiger partial charge in [0.05, 0.1) is 0 Å². The molecule has 0 unspecified atom stereocenters. The van der Waals surface area contributed by atoms with Crippen molar-refractivity contribution < 1.29 is 13.2 Å². The second kappa shape index (κ2) is 12.3. The largest absolute Gasteiger partial charge is 0.352 e. The third-order valence-corrected chi connectivity index (χ3v) is 5.81. The zero-order valence-corrected chi connectivity index (χ0v) is 18.5. The van der Waals surface area contributed by atoms with E-state index >= 15 is 0 Å². The number of amides is 1. The van der Waals surface area contributed by atoms with Crippen molar-refractivity contribution in [3.05, 3.63) is 76.7 Å². The summed E-state index contributed by atoms with van der Waals surface area (Å²) in [5.74, 6) is -0.197. The highest BCUT2D eigenvalue weighted by Gasteiger charge is 2.07. The van der Waals surface area contributed by atoms with Crippen molar-refractivity contribution in [1.29, 1.82) is 0 Å². The molecule has 0 bridgehead atoms. The Kier molecular flexibility index (Phi) is 9.73. The van der Waals surface area contributed by atoms with Gasteiger partial charge in [-0.2, -0.15) is 0 Å². The zero-order chi connectivity index (χ0) is 21.8. The van der Waals surface area contributed by atoms with Crippen LogP contribution in [-0.4, -0.2) is 38.9 Å². The van der Waals surface area contributed by atoms with Crippen LogP contribution in [0.4, 0.5) is 0 Å². The van der Waals surface area contributed by atoms with E-state index in [1.165, 1.54) is 11.6 Å². The smallest absolute Gasteiger partial charge is 0.233 e. The first-order chi connectivity index (χ1) is 14.4. The summed E-state index contributed by atoms with van der Waals surface area (Å²) in [5.41, 5.74) is 3.05. The number of carbonyl (C=O) groups excluding carboxylic acids is 1. The lowest BCUT2D eigenvalue weighted by Gasteiger charge is -2.18. The highest BCUT2D eigenvalue weighted by Crippen LogP contribution is 2.08. The molecule has 30 heavy (non-hydrogen) atoms. The normalized spacial score (nSPS) is 11.8. The van der Waals surface area contributed by atoms with Gasteiger partial charge in [0.2, 0.25) is 15.9 Å². The molecule has 1 amide bonds. The third kappa shape index (κ3) is 8.90. The fourth-order valence-electron chi connectivity index (χ4n) is 2.84. The molecule has 0 heterocycles. The molecule has 0 saturated carbocycles. The first-order valence-corrected chi connectivity index (χ1v) is 11.8. The summed E-state index contributed by atoms with van der Waals surface area (Å²) in [5, 5.41) is 3.93. The van der Waals surface area contributed by atoms with E-state index in [0.717, 1.165) is 36.2 Å². The van der Waals surface area contributed by atoms with Gasteiger partial charge in [0.25, 0.3) is 0 Å². The number of benzene rings is 2. The molecule has 2 rings (SSSR count). The lowest BCUT2D eigenvalue weighted by Crippen LogP contribution is -2.29. The maximum atomic E-state index is 12.0. The molecule has 2 aromatic rings. The molecular formula is C23H31N3O3S. The molecule has 162 valence electrons. The van der Waals surface area contributed by atoms with E-state index < -0.39 is 10.0 Å². The number of nitrogens with zero attached hydrogens (tertiary/aromatic N) is 1. The van der Waals surface area contributed by atoms with Crippen LogP contribution in [0.1, 0.15) is 37.0 Å². The molecule has 0 radical (unpaired) electrons. The molecule has 2 aromatic carbocycles. The third-order valence-electron chi connectivity index (χ3n) is 4.71. The van der Waals surface area contributed by atoms with Gasteiger partial charge in [0, 0.05) is 31.5 Å². The molecule has 0 spiro atoms. The molecular weight excluding hydrogens is 398 g/mol. The number of hydrogen-bond donors (Lipinski definition) is 2. The first-order valence-electron chi connectivity index (χ1n) is 10.2. The van der Waals surface area contributed by atoms with Gasteiger partial charge in [-0.15, -0.1) is 0 Å². The van der Waals surface area contributed by atoms with E-state index in [2.05, 4.69) is 40.9 Å². The topological polar surface area (TPSA) is 78.5 Å². The number of rotatable bonds is 12. The Bertz CT molecular complexity index is 906. The minimum absolute atomic E-state index is 0.0517. The summed E-state index contributed by atoms with van der Waals surface area (Å²) in [6.45, 7) is 7.71. The van der Waals surface area contributed by atoms with E-state index in [1.54, 1.807) is 0 Å². The molecule has 0 atom stereocenters. The Morgan fingerprint density at radius 3 is 2.23 bits per heavy atom. The molecule has 0 aliphatic rings. The molecule has 0 saturated heterocycles.